The van der Waals surface area contributed by atoms with Crippen molar-refractivity contribution in [2.45, 2.75) is 32.0 Å². The van der Waals surface area contributed by atoms with Gasteiger partial charge < -0.3 is 4.90 Å². The van der Waals surface area contributed by atoms with Gasteiger partial charge >= 0.3 is 0 Å². The Hall–Kier alpha value is -3.99. The molecular weight excluding hydrogens is 408 g/mol. The third-order valence-corrected chi connectivity index (χ3v) is 5.78. The van der Waals surface area contributed by atoms with Crippen LogP contribution in [0.1, 0.15) is 29.5 Å². The lowest BCUT2D eigenvalue weighted by atomic mass is 10.1. The average molecular weight is 435 g/mol. The molecule has 4 aromatic rings. The Kier molecular flexibility index (Phi) is 6.11. The summed E-state index contributed by atoms with van der Waals surface area (Å²) in [6.07, 6.45) is 11.3. The molecule has 2 aromatic heterocycles. The third-order valence-electron chi connectivity index (χ3n) is 5.78. The van der Waals surface area contributed by atoms with Crippen molar-refractivity contribution in [3.05, 3.63) is 114 Å². The molecule has 0 N–H and O–H groups in total. The van der Waals surface area contributed by atoms with Crippen molar-refractivity contribution in [2.75, 3.05) is 0 Å². The van der Waals surface area contributed by atoms with E-state index in [9.17, 15) is 4.79 Å². The fraction of sp³-hybridized carbons (Fsp3) is 0.179. The Morgan fingerprint density at radius 3 is 2.36 bits per heavy atom. The molecule has 0 unspecified atom stereocenters. The molecule has 0 radical (unpaired) electrons. The number of carbonyl (C=O) groups excluding carboxylic acids is 1. The number of hydrogen-bond acceptors (Lipinski definition) is 3. The first kappa shape index (κ1) is 20.9. The van der Waals surface area contributed by atoms with E-state index in [2.05, 4.69) is 29.2 Å². The first-order valence-corrected chi connectivity index (χ1v) is 11.3. The zero-order valence-electron chi connectivity index (χ0n) is 18.4. The van der Waals surface area contributed by atoms with Crippen LogP contribution in [0.25, 0.3) is 17.3 Å². The molecule has 0 aliphatic heterocycles. The molecule has 2 aromatic carbocycles. The Morgan fingerprint density at radius 2 is 1.70 bits per heavy atom. The average Bonchev–Trinajstić information content (AvgIpc) is 3.63. The summed E-state index contributed by atoms with van der Waals surface area (Å²) in [5.41, 5.74) is 4.98. The van der Waals surface area contributed by atoms with E-state index in [0.717, 1.165) is 35.2 Å². The van der Waals surface area contributed by atoms with Crippen molar-refractivity contribution in [1.82, 2.24) is 19.7 Å². The molecule has 5 rings (SSSR count). The Balaban J connectivity index is 1.40. The van der Waals surface area contributed by atoms with Crippen LogP contribution in [0.2, 0.25) is 0 Å². The fourth-order valence-electron chi connectivity index (χ4n) is 3.95. The van der Waals surface area contributed by atoms with Crippen molar-refractivity contribution >= 4 is 12.0 Å². The minimum absolute atomic E-state index is 0.0364. The maximum atomic E-state index is 13.1. The van der Waals surface area contributed by atoms with Gasteiger partial charge in [0.2, 0.25) is 5.91 Å². The SMILES string of the molecule is O=C(/C=C/c1cn(Cc2ccccc2)nc1-c1cccnc1)N(Cc1ccccc1)C1CC1. The molecule has 0 bridgehead atoms. The lowest BCUT2D eigenvalue weighted by molar-refractivity contribution is -0.127. The summed E-state index contributed by atoms with van der Waals surface area (Å²) in [4.78, 5) is 19.4. The van der Waals surface area contributed by atoms with Gasteiger partial charge in [0.05, 0.1) is 6.54 Å². The number of aromatic nitrogens is 3. The number of rotatable bonds is 8. The lowest BCUT2D eigenvalue weighted by Gasteiger charge is -2.21. The van der Waals surface area contributed by atoms with Crippen LogP contribution >= 0.6 is 0 Å². The number of benzene rings is 2. The zero-order chi connectivity index (χ0) is 22.5. The van der Waals surface area contributed by atoms with Crippen molar-refractivity contribution < 1.29 is 4.79 Å². The maximum absolute atomic E-state index is 13.1. The van der Waals surface area contributed by atoms with Crippen LogP contribution in [0, 0.1) is 0 Å². The topological polar surface area (TPSA) is 51.0 Å². The molecule has 1 aliphatic carbocycles. The van der Waals surface area contributed by atoms with Gasteiger partial charge in [-0.15, -0.1) is 0 Å². The number of pyridine rings is 1. The van der Waals surface area contributed by atoms with Gasteiger partial charge in [-0.05, 0) is 42.2 Å². The van der Waals surface area contributed by atoms with E-state index in [-0.39, 0.29) is 5.91 Å². The van der Waals surface area contributed by atoms with Gasteiger partial charge in [-0.1, -0.05) is 60.7 Å². The summed E-state index contributed by atoms with van der Waals surface area (Å²) in [6, 6.07) is 24.6. The Bertz CT molecular complexity index is 1230. The van der Waals surface area contributed by atoms with E-state index in [4.69, 9.17) is 5.10 Å². The molecule has 0 atom stereocenters. The molecule has 2 heterocycles. The van der Waals surface area contributed by atoms with E-state index >= 15 is 0 Å². The Labute approximate surface area is 194 Å². The van der Waals surface area contributed by atoms with Crippen LogP contribution in [0.15, 0.2) is 97.5 Å². The predicted octanol–water partition coefficient (Wildman–Crippen LogP) is 5.20. The van der Waals surface area contributed by atoms with E-state index in [1.54, 1.807) is 18.5 Å². The third kappa shape index (κ3) is 5.26. The molecule has 0 saturated heterocycles. The quantitative estimate of drug-likeness (QED) is 0.358. The summed E-state index contributed by atoms with van der Waals surface area (Å²) in [5.74, 6) is 0.0364. The molecule has 1 aliphatic rings. The van der Waals surface area contributed by atoms with E-state index in [0.29, 0.717) is 19.1 Å². The molecule has 5 heteroatoms. The second-order valence-electron chi connectivity index (χ2n) is 8.37. The highest BCUT2D eigenvalue weighted by molar-refractivity contribution is 5.93. The first-order chi connectivity index (χ1) is 16.3. The number of amides is 1. The summed E-state index contributed by atoms with van der Waals surface area (Å²) in [7, 11) is 0. The van der Waals surface area contributed by atoms with Gasteiger partial charge in [0.1, 0.15) is 5.69 Å². The summed E-state index contributed by atoms with van der Waals surface area (Å²) in [6.45, 7) is 1.30. The number of carbonyl (C=O) groups is 1. The van der Waals surface area contributed by atoms with E-state index in [1.807, 2.05) is 70.4 Å². The molecule has 1 amide bonds. The Morgan fingerprint density at radius 1 is 0.970 bits per heavy atom. The lowest BCUT2D eigenvalue weighted by Crippen LogP contribution is -2.31. The highest BCUT2D eigenvalue weighted by atomic mass is 16.2. The van der Waals surface area contributed by atoms with Gasteiger partial charge in [-0.2, -0.15) is 5.10 Å². The van der Waals surface area contributed by atoms with Crippen LogP contribution in [0.4, 0.5) is 0 Å². The van der Waals surface area contributed by atoms with Gasteiger partial charge in [-0.25, -0.2) is 0 Å². The van der Waals surface area contributed by atoms with Crippen molar-refractivity contribution in [3.63, 3.8) is 0 Å². The zero-order valence-corrected chi connectivity index (χ0v) is 18.4. The summed E-state index contributed by atoms with van der Waals surface area (Å²) in [5, 5.41) is 4.81. The maximum Gasteiger partial charge on any atom is 0.247 e. The van der Waals surface area contributed by atoms with Gasteiger partial charge in [0.15, 0.2) is 0 Å². The predicted molar refractivity (Wildman–Crippen MR) is 130 cm³/mol. The monoisotopic (exact) mass is 434 g/mol. The highest BCUT2D eigenvalue weighted by Crippen LogP contribution is 2.29. The fourth-order valence-corrected chi connectivity index (χ4v) is 3.95. The molecule has 33 heavy (non-hydrogen) atoms. The van der Waals surface area contributed by atoms with Crippen molar-refractivity contribution in [2.24, 2.45) is 0 Å². The molecule has 164 valence electrons. The van der Waals surface area contributed by atoms with E-state index < -0.39 is 0 Å². The van der Waals surface area contributed by atoms with Gasteiger partial charge in [0.25, 0.3) is 0 Å². The normalized spacial score (nSPS) is 13.3. The van der Waals surface area contributed by atoms with E-state index in [1.165, 1.54) is 5.56 Å². The molecular formula is C28H26N4O. The van der Waals surface area contributed by atoms with Gasteiger partial charge in [0, 0.05) is 48.4 Å². The molecule has 0 spiro atoms. The standard InChI is InChI=1S/C28H26N4O/c33-27(32(26-14-15-26)20-23-10-5-2-6-11-23)16-13-25-21-31(19-22-8-3-1-4-9-22)30-28(25)24-12-7-17-29-18-24/h1-13,16-18,21,26H,14-15,19-20H2/b16-13+. The van der Waals surface area contributed by atoms with Crippen LogP contribution < -0.4 is 0 Å². The molecule has 5 nitrogen and oxygen atoms in total. The number of hydrogen-bond donors (Lipinski definition) is 0. The van der Waals surface area contributed by atoms with Crippen LogP contribution in [-0.4, -0.2) is 31.6 Å². The first-order valence-electron chi connectivity index (χ1n) is 11.3. The van der Waals surface area contributed by atoms with Crippen LogP contribution in [-0.2, 0) is 17.9 Å². The van der Waals surface area contributed by atoms with Crippen molar-refractivity contribution in [3.8, 4) is 11.3 Å². The summed E-state index contributed by atoms with van der Waals surface area (Å²) < 4.78 is 1.92. The molecule has 1 saturated carbocycles. The summed E-state index contributed by atoms with van der Waals surface area (Å²) >= 11 is 0. The van der Waals surface area contributed by atoms with Crippen LogP contribution in [0.5, 0.6) is 0 Å². The number of nitrogens with zero attached hydrogens (tertiary/aromatic N) is 4. The smallest absolute Gasteiger partial charge is 0.247 e. The van der Waals surface area contributed by atoms with Crippen molar-refractivity contribution in [1.29, 1.82) is 0 Å². The van der Waals surface area contributed by atoms with Crippen LogP contribution in [0.3, 0.4) is 0 Å². The highest BCUT2D eigenvalue weighted by Gasteiger charge is 2.31. The van der Waals surface area contributed by atoms with Gasteiger partial charge in [-0.3, -0.25) is 14.5 Å². The minimum Gasteiger partial charge on any atom is -0.332 e. The minimum atomic E-state index is 0.0364. The second-order valence-corrected chi connectivity index (χ2v) is 8.37. The molecule has 1 fully saturated rings. The largest absolute Gasteiger partial charge is 0.332 e. The second kappa shape index (κ2) is 9.65.